The molecule has 0 spiro atoms. The van der Waals surface area contributed by atoms with Gasteiger partial charge >= 0.3 is 0 Å². The molecule has 0 bridgehead atoms. The van der Waals surface area contributed by atoms with Crippen LogP contribution in [0.15, 0.2) is 0 Å². The van der Waals surface area contributed by atoms with Crippen molar-refractivity contribution >= 4 is 53.2 Å². The predicted molar refractivity (Wildman–Crippen MR) is 258 cm³/mol. The van der Waals surface area contributed by atoms with Gasteiger partial charge in [0.2, 0.25) is 53.2 Å². The number of amides is 9. The zero-order valence-electron chi connectivity index (χ0n) is 59.3. The maximum absolute atomic E-state index is 10.8. The summed E-state index contributed by atoms with van der Waals surface area (Å²) in [5.74, 6) is -8.12. The lowest BCUT2D eigenvalue weighted by atomic mass is 10.1. The average molecular weight is 928 g/mol. The van der Waals surface area contributed by atoms with Crippen molar-refractivity contribution in [3.63, 3.8) is 0 Å². The molecular weight excluding hydrogens is 811 g/mol. The molecule has 0 aliphatic carbocycles. The first kappa shape index (κ1) is 42.2. The highest BCUT2D eigenvalue weighted by molar-refractivity contribution is 5.76. The molecule has 0 aliphatic heterocycles. The van der Waals surface area contributed by atoms with Gasteiger partial charge in [0.05, 0.1) is 0 Å². The van der Waals surface area contributed by atoms with E-state index in [-0.39, 0.29) is 52.6 Å². The molecule has 0 aromatic rings. The maximum Gasteiger partial charge on any atom is 0.217 e. The van der Waals surface area contributed by atoms with Crippen molar-refractivity contribution in [1.29, 1.82) is 0 Å². The second kappa shape index (κ2) is 53.4. The van der Waals surface area contributed by atoms with Crippen molar-refractivity contribution in [1.82, 2.24) is 0 Å². The topological polar surface area (TPSA) is 388 Å². The summed E-state index contributed by atoms with van der Waals surface area (Å²) in [5.41, 5.74) is 28.2. The average Bonchev–Trinajstić information content (AvgIpc) is 3.25. The lowest BCUT2D eigenvalue weighted by Crippen LogP contribution is -2.12. The van der Waals surface area contributed by atoms with Crippen LogP contribution in [0.3, 0.4) is 0 Å². The first-order valence-corrected chi connectivity index (χ1v) is 20.1. The molecule has 0 atom stereocenters. The minimum absolute atomic E-state index is 0.213. The van der Waals surface area contributed by atoms with Crippen LogP contribution in [0.4, 0.5) is 0 Å². The normalized spacial score (nSPS) is 14.9. The van der Waals surface area contributed by atoms with E-state index in [1.165, 1.54) is 41.5 Å². The second-order valence-electron chi connectivity index (χ2n) is 16.0. The number of hydrogen-bond acceptors (Lipinski definition) is 9. The van der Waals surface area contributed by atoms with Crippen LogP contribution in [0.2, 0.25) is 8.47 Å². The van der Waals surface area contributed by atoms with Crippen LogP contribution in [0.25, 0.3) is 0 Å². The monoisotopic (exact) mass is 928 g/mol. The lowest BCUT2D eigenvalue weighted by molar-refractivity contribution is -0.119. The zero-order chi connectivity index (χ0) is 68.2. The van der Waals surface area contributed by atoms with Gasteiger partial charge in [-0.05, 0) is 53.3 Å². The number of carbonyl (C=O) groups excluding carboxylic acids is 9. The van der Waals surface area contributed by atoms with Gasteiger partial charge in [-0.3, -0.25) is 43.2 Å². The van der Waals surface area contributed by atoms with Gasteiger partial charge in [0, 0.05) is 73.9 Å². The third-order valence-corrected chi connectivity index (χ3v) is 4.36. The Bertz CT molecular complexity index is 1650. The van der Waals surface area contributed by atoms with Crippen molar-refractivity contribution in [2.45, 2.75) is 182 Å². The Kier molecular flexibility index (Phi) is 35.7. The standard InChI is InChI=1S/9C5H11NO/c9*1-4(2)3-5(6)7/h9*4H,3H2,1-2H3,(H2,6,7)/i6*3D2;;;/hD6. The smallest absolute Gasteiger partial charge is 0.217 e. The highest BCUT2D eigenvalue weighted by Crippen LogP contribution is 1.99. The molecule has 0 fully saturated rings. The minimum Gasteiger partial charge on any atom is -0.370 e. The van der Waals surface area contributed by atoms with E-state index in [0.29, 0.717) is 37.0 Å². The van der Waals surface area contributed by atoms with Crippen LogP contribution in [0, 0.1) is 53.3 Å². The van der Waals surface area contributed by atoms with E-state index in [0.717, 1.165) is 0 Å². The van der Waals surface area contributed by atoms with Crippen LogP contribution in [-0.2, 0) is 43.2 Å². The number of primary amides is 9. The minimum atomic E-state index is -2.11. The molecule has 0 aromatic carbocycles. The molecule has 18 nitrogen and oxygen atoms in total. The fraction of sp³-hybridized carbons (Fsp3) is 0.800. The van der Waals surface area contributed by atoms with Crippen LogP contribution in [0.5, 0.6) is 0 Å². The van der Waals surface area contributed by atoms with Crippen LogP contribution in [0.1, 0.15) is 199 Å². The molecule has 0 aromatic heterocycles. The molecule has 0 unspecified atom stereocenters. The second-order valence-corrected chi connectivity index (χ2v) is 16.0. The van der Waals surface area contributed by atoms with Crippen molar-refractivity contribution in [3.8, 4) is 0 Å². The van der Waals surface area contributed by atoms with Crippen LogP contribution < -0.4 is 51.6 Å². The fourth-order valence-electron chi connectivity index (χ4n) is 2.80. The van der Waals surface area contributed by atoms with Crippen molar-refractivity contribution in [2.24, 2.45) is 105 Å². The van der Waals surface area contributed by atoms with Gasteiger partial charge < -0.3 is 51.6 Å². The summed E-state index contributed by atoms with van der Waals surface area (Å²) < 4.78 is 124. The van der Waals surface area contributed by atoms with Crippen molar-refractivity contribution in [2.75, 3.05) is 0 Å². The Balaban J connectivity index is -0.000000103. The fourth-order valence-corrected chi connectivity index (χ4v) is 2.80. The van der Waals surface area contributed by atoms with Gasteiger partial charge in [-0.2, -0.15) is 0 Å². The molecule has 0 heterocycles. The Labute approximate surface area is 408 Å². The van der Waals surface area contributed by atoms with Gasteiger partial charge in [0.25, 0.3) is 0 Å². The number of nitrogens with two attached hydrogens (primary N) is 9. The summed E-state index contributed by atoms with van der Waals surface area (Å²) in [6.07, 6.45) is -10.4. The summed E-state index contributed by atoms with van der Waals surface area (Å²) >= 11 is 0. The first-order chi connectivity index (χ1) is 35.4. The van der Waals surface area contributed by atoms with Gasteiger partial charge in [-0.25, -0.2) is 0 Å². The van der Waals surface area contributed by atoms with Crippen LogP contribution >= 0.6 is 0 Å². The van der Waals surface area contributed by atoms with Gasteiger partial charge in [0.15, 0.2) is 8.47 Å². The largest absolute Gasteiger partial charge is 0.370 e. The molecular formula is C45H99N9O9. The number of hydrogen-bond donors (Lipinski definition) is 9. The Morgan fingerprint density at radius 3 is 0.413 bits per heavy atom. The zero-order valence-corrected chi connectivity index (χ0v) is 41.3. The van der Waals surface area contributed by atoms with E-state index >= 15 is 0 Å². The summed E-state index contributed by atoms with van der Waals surface area (Å²) in [5, 5.41) is 0. The molecule has 18 heteroatoms. The van der Waals surface area contributed by atoms with Crippen LogP contribution in [-0.4, -0.2) is 53.2 Å². The number of rotatable bonds is 18. The molecule has 18 N–H and O–H groups in total. The third-order valence-electron chi connectivity index (χ3n) is 4.36. The summed E-state index contributed by atoms with van der Waals surface area (Å²) in [4.78, 5) is 93.4. The summed E-state index contributed by atoms with van der Waals surface area (Å²) in [7, 11) is 0. The third kappa shape index (κ3) is 179. The molecule has 378 valence electrons. The quantitative estimate of drug-likeness (QED) is 0.0921. The molecule has 63 heavy (non-hydrogen) atoms. The maximum atomic E-state index is 10.8. The highest BCUT2D eigenvalue weighted by Gasteiger charge is 2.00. The van der Waals surface area contributed by atoms with E-state index in [4.69, 9.17) is 59.3 Å². The van der Waals surface area contributed by atoms with Gasteiger partial charge in [0.1, 0.15) is 0 Å². The summed E-state index contributed by atoms with van der Waals surface area (Å²) in [6, 6.07) is 0. The van der Waals surface area contributed by atoms with E-state index in [1.54, 1.807) is 41.5 Å². The van der Waals surface area contributed by atoms with E-state index in [2.05, 4.69) is 0 Å². The van der Waals surface area contributed by atoms with Gasteiger partial charge in [-0.15, -0.1) is 0 Å². The molecule has 0 saturated carbocycles. The Morgan fingerprint density at radius 1 is 0.270 bits per heavy atom. The SMILES string of the molecule is CC(C)CC(N)=O.CC(C)CC(N)=O.CC(C)CC(N)=O.[2H]C([2H])(C(N)=O)C(C)C.[2H]C([2H])(C(N)=O)C(C)C.[2H]C([2H])(C(N)=O)C(C)C.[2H]N([2H])C(=O)C([2H])([2H])C(C)C.[2H]N([2H])C(=O)C([2H])([2H])C(C)C.[2H]N([2H])C(=O)C([2H])([2H])C(C)C. The van der Waals surface area contributed by atoms with E-state index in [1.807, 2.05) is 41.5 Å². The van der Waals surface area contributed by atoms with E-state index in [9.17, 15) is 43.2 Å². The molecule has 0 aliphatic rings. The molecule has 0 saturated heterocycles. The van der Waals surface area contributed by atoms with Gasteiger partial charge in [-0.1, -0.05) is 125 Å². The summed E-state index contributed by atoms with van der Waals surface area (Å²) in [6.45, 7) is 30.6. The Morgan fingerprint density at radius 2 is 0.397 bits per heavy atom. The van der Waals surface area contributed by atoms with Crippen molar-refractivity contribution in [3.05, 3.63) is 0 Å². The lowest BCUT2D eigenvalue weighted by Gasteiger charge is -1.95. The molecule has 9 amide bonds. The Hall–Kier alpha value is -4.77. The first-order valence-electron chi connectivity index (χ1n) is 28.8. The predicted octanol–water partition coefficient (Wildman–Crippen LogP) is 4.66. The van der Waals surface area contributed by atoms with E-state index < -0.39 is 91.4 Å². The molecule has 0 radical (unpaired) electrons. The van der Waals surface area contributed by atoms with Crippen molar-refractivity contribution < 1.29 is 68.1 Å². The highest BCUT2D eigenvalue weighted by atomic mass is 16.2. The molecule has 0 rings (SSSR count). The number of carbonyl (C=O) groups is 9.